The Labute approximate surface area is 279 Å². The van der Waals surface area contributed by atoms with Crippen LogP contribution in [0.5, 0.6) is 0 Å². The van der Waals surface area contributed by atoms with Crippen LogP contribution in [-0.2, 0) is 5.54 Å². The first-order valence-electron chi connectivity index (χ1n) is 16.7. The van der Waals surface area contributed by atoms with Crippen molar-refractivity contribution in [3.05, 3.63) is 172 Å². The van der Waals surface area contributed by atoms with Crippen molar-refractivity contribution >= 4 is 54.4 Å². The molecule has 2 heterocycles. The van der Waals surface area contributed by atoms with Gasteiger partial charge < -0.3 is 0 Å². The van der Waals surface area contributed by atoms with Crippen LogP contribution in [0.15, 0.2) is 138 Å². The monoisotopic (exact) mass is 619 g/mol. The van der Waals surface area contributed by atoms with Crippen LogP contribution in [0, 0.1) is 6.92 Å². The highest BCUT2D eigenvalue weighted by Gasteiger charge is 2.66. The summed E-state index contributed by atoms with van der Waals surface area (Å²) in [5.41, 5.74) is 17.4. The molecule has 2 unspecified atom stereocenters. The summed E-state index contributed by atoms with van der Waals surface area (Å²) in [6.45, 7) is 4.35. The van der Waals surface area contributed by atoms with Crippen molar-refractivity contribution in [1.29, 1.82) is 0 Å². The summed E-state index contributed by atoms with van der Waals surface area (Å²) in [4.78, 5) is 4.99. The number of thiophene rings is 1. The number of allylic oxidation sites excluding steroid dienone is 6. The average molecular weight is 620 g/mol. The quantitative estimate of drug-likeness (QED) is 0.186. The zero-order chi connectivity index (χ0) is 31.3. The molecule has 0 N–H and O–H groups in total. The summed E-state index contributed by atoms with van der Waals surface area (Å²) < 4.78 is 2.68. The molecule has 47 heavy (non-hydrogen) atoms. The molecule has 0 saturated heterocycles. The van der Waals surface area contributed by atoms with Gasteiger partial charge in [0.1, 0.15) is 5.54 Å². The Kier molecular flexibility index (Phi) is 5.75. The lowest BCUT2D eigenvalue weighted by molar-refractivity contribution is 0.725. The number of rotatable bonds is 4. The molecule has 1 fully saturated rings. The fraction of sp³-hybridized carbons (Fsp3) is 0.133. The number of hydrogen-bond acceptors (Lipinski definition) is 2. The topological polar surface area (TPSA) is 12.4 Å². The Balaban J connectivity index is 1.03. The standard InChI is InChI=1S/C45H33NS/c1-3-33(34-12-5-4-9-27(34)2)32-17-20-43-39(26-32)38-25-31(16-19-42(38)47-43)29-11-8-10-28(23-29)30-15-18-36-37(24-30)35-13-6-7-14-40(35)45-41(44(36)45)21-22-46-45/h3-7,9,11-26,44H,8,10H2,1-2H3/b33-3-. The predicted molar refractivity (Wildman–Crippen MR) is 201 cm³/mol. The maximum Gasteiger partial charge on any atom is 0.119 e. The number of hydrogen-bond donors (Lipinski definition) is 0. The van der Waals surface area contributed by atoms with Gasteiger partial charge in [0.05, 0.1) is 0 Å². The lowest BCUT2D eigenvalue weighted by Crippen LogP contribution is -2.13. The molecule has 2 heteroatoms. The Hall–Kier alpha value is -5.05. The zero-order valence-electron chi connectivity index (χ0n) is 26.5. The minimum absolute atomic E-state index is 0.134. The molecule has 1 spiro atoms. The largest absolute Gasteiger partial charge is 0.276 e. The molecule has 1 saturated carbocycles. The van der Waals surface area contributed by atoms with Gasteiger partial charge in [-0.05, 0) is 135 Å². The Morgan fingerprint density at radius 2 is 1.64 bits per heavy atom. The summed E-state index contributed by atoms with van der Waals surface area (Å²) in [5.74, 6) is 0.399. The van der Waals surface area contributed by atoms with Gasteiger partial charge in [-0.3, -0.25) is 4.99 Å². The van der Waals surface area contributed by atoms with Gasteiger partial charge in [-0.1, -0.05) is 91.0 Å². The van der Waals surface area contributed by atoms with Crippen molar-refractivity contribution in [1.82, 2.24) is 0 Å². The van der Waals surface area contributed by atoms with Crippen molar-refractivity contribution in [3.63, 3.8) is 0 Å². The molecule has 1 aliphatic heterocycles. The number of fused-ring (bicyclic) bond motifs is 8. The second-order valence-corrected chi connectivity index (χ2v) is 14.4. The van der Waals surface area contributed by atoms with E-state index in [2.05, 4.69) is 141 Å². The summed E-state index contributed by atoms with van der Waals surface area (Å²) in [5, 5.41) is 2.69. The molecule has 0 bridgehead atoms. The molecule has 1 aromatic heterocycles. The van der Waals surface area contributed by atoms with E-state index in [4.69, 9.17) is 4.99 Å². The van der Waals surface area contributed by atoms with Crippen LogP contribution in [0.25, 0.3) is 48.0 Å². The van der Waals surface area contributed by atoms with E-state index in [9.17, 15) is 0 Å². The van der Waals surface area contributed by atoms with Gasteiger partial charge >= 0.3 is 0 Å². The third-order valence-corrected chi connectivity index (χ3v) is 12.1. The van der Waals surface area contributed by atoms with Crippen LogP contribution in [0.4, 0.5) is 0 Å². The van der Waals surface area contributed by atoms with Crippen molar-refractivity contribution < 1.29 is 0 Å². The first kappa shape index (κ1) is 27.1. The SMILES string of the molecule is C/C=C(/c1ccc2sc3ccc(C4=CCCC(c5ccc6c(c5)-c5ccccc5C57N=CC=C5C67)=C4)cc3c2c1)c1ccccc1C. The van der Waals surface area contributed by atoms with Gasteiger partial charge in [0.25, 0.3) is 0 Å². The van der Waals surface area contributed by atoms with E-state index in [-0.39, 0.29) is 5.54 Å². The van der Waals surface area contributed by atoms with E-state index in [1.165, 1.54) is 92.5 Å². The molecule has 5 aromatic carbocycles. The molecule has 2 atom stereocenters. The highest BCUT2D eigenvalue weighted by Crippen LogP contribution is 2.72. The van der Waals surface area contributed by atoms with E-state index in [1.54, 1.807) is 0 Å². The maximum absolute atomic E-state index is 4.99. The maximum atomic E-state index is 4.99. The van der Waals surface area contributed by atoms with Gasteiger partial charge in [0.15, 0.2) is 0 Å². The van der Waals surface area contributed by atoms with E-state index in [0.29, 0.717) is 5.92 Å². The summed E-state index contributed by atoms with van der Waals surface area (Å²) in [6, 6.07) is 38.9. The van der Waals surface area contributed by atoms with Crippen molar-refractivity contribution in [2.24, 2.45) is 4.99 Å². The third kappa shape index (κ3) is 3.85. The molecule has 224 valence electrons. The summed E-state index contributed by atoms with van der Waals surface area (Å²) in [7, 11) is 0. The van der Waals surface area contributed by atoms with Crippen LogP contribution >= 0.6 is 11.3 Å². The third-order valence-electron chi connectivity index (χ3n) is 10.9. The number of aliphatic imine (C=N–C) groups is 1. The number of nitrogens with zero attached hydrogens (tertiary/aromatic N) is 1. The Morgan fingerprint density at radius 3 is 2.53 bits per heavy atom. The smallest absolute Gasteiger partial charge is 0.119 e. The second-order valence-electron chi connectivity index (χ2n) is 13.4. The van der Waals surface area contributed by atoms with Gasteiger partial charge in [-0.15, -0.1) is 11.3 Å². The van der Waals surface area contributed by atoms with E-state index in [0.717, 1.165) is 12.8 Å². The van der Waals surface area contributed by atoms with Gasteiger partial charge in [0.2, 0.25) is 0 Å². The van der Waals surface area contributed by atoms with Gasteiger partial charge in [0, 0.05) is 32.3 Å². The number of dihydropyridines is 1. The van der Waals surface area contributed by atoms with Gasteiger partial charge in [-0.2, -0.15) is 0 Å². The van der Waals surface area contributed by atoms with Crippen molar-refractivity contribution in [3.8, 4) is 11.1 Å². The molecule has 4 aliphatic rings. The van der Waals surface area contributed by atoms with E-state index < -0.39 is 0 Å². The number of aryl methyl sites for hydroxylation is 1. The highest BCUT2D eigenvalue weighted by molar-refractivity contribution is 7.25. The van der Waals surface area contributed by atoms with E-state index >= 15 is 0 Å². The summed E-state index contributed by atoms with van der Waals surface area (Å²) >= 11 is 1.89. The molecule has 3 aliphatic carbocycles. The molecule has 0 amide bonds. The first-order chi connectivity index (χ1) is 23.1. The predicted octanol–water partition coefficient (Wildman–Crippen LogP) is 12.1. The zero-order valence-corrected chi connectivity index (χ0v) is 27.4. The number of benzene rings is 5. The molecule has 6 aromatic rings. The van der Waals surface area contributed by atoms with Crippen LogP contribution in [-0.4, -0.2) is 6.21 Å². The highest BCUT2D eigenvalue weighted by atomic mass is 32.1. The van der Waals surface area contributed by atoms with E-state index in [1.807, 2.05) is 17.6 Å². The fourth-order valence-corrected chi connectivity index (χ4v) is 9.69. The molecule has 10 rings (SSSR count). The summed E-state index contributed by atoms with van der Waals surface area (Å²) in [6.07, 6.45) is 13.5. The normalized spacial score (nSPS) is 20.7. The van der Waals surface area contributed by atoms with Crippen LogP contribution in [0.2, 0.25) is 0 Å². The van der Waals surface area contributed by atoms with Crippen LogP contribution < -0.4 is 0 Å². The first-order valence-corrected chi connectivity index (χ1v) is 17.6. The lowest BCUT2D eigenvalue weighted by Gasteiger charge is -2.25. The average Bonchev–Trinajstić information content (AvgIpc) is 3.37. The minimum Gasteiger partial charge on any atom is -0.276 e. The fourth-order valence-electron chi connectivity index (χ4n) is 8.62. The minimum atomic E-state index is -0.134. The van der Waals surface area contributed by atoms with Crippen molar-refractivity contribution in [2.45, 2.75) is 38.1 Å². The van der Waals surface area contributed by atoms with Crippen LogP contribution in [0.3, 0.4) is 0 Å². The molecule has 0 radical (unpaired) electrons. The van der Waals surface area contributed by atoms with Gasteiger partial charge in [-0.25, -0.2) is 0 Å². The molecular formula is C45H33NS. The van der Waals surface area contributed by atoms with Crippen molar-refractivity contribution in [2.75, 3.05) is 0 Å². The molecule has 1 nitrogen and oxygen atoms in total. The molecular weight excluding hydrogens is 587 g/mol. The Bertz CT molecular complexity index is 2500. The lowest BCUT2D eigenvalue weighted by atomic mass is 9.80. The second kappa shape index (κ2) is 9.97. The van der Waals surface area contributed by atoms with Crippen LogP contribution in [0.1, 0.15) is 64.6 Å². The Morgan fingerprint density at radius 1 is 0.830 bits per heavy atom.